The molecule has 0 spiro atoms. The van der Waals surface area contributed by atoms with E-state index >= 15 is 0 Å². The van der Waals surface area contributed by atoms with Crippen molar-refractivity contribution < 1.29 is 8.42 Å². The zero-order chi connectivity index (χ0) is 15.2. The molecule has 6 heteroatoms. The number of nitrogens with one attached hydrogen (secondary N) is 2. The zero-order valence-electron chi connectivity index (χ0n) is 12.9. The summed E-state index contributed by atoms with van der Waals surface area (Å²) in [6.07, 6.45) is 3.56. The van der Waals surface area contributed by atoms with E-state index in [2.05, 4.69) is 17.0 Å². The third-order valence-electron chi connectivity index (χ3n) is 3.31. The number of hydrogen-bond donors (Lipinski definition) is 2. The molecule has 2 N–H and O–H groups in total. The van der Waals surface area contributed by atoms with Gasteiger partial charge in [0.15, 0.2) is 0 Å². The average Bonchev–Trinajstić information content (AvgIpc) is 2.82. The standard InChI is InChI=1S/C14H27N3O2S/c1-5-8-15-10-13-9-14(11-17(13)7-3)20(18,19)16-12(4)6-2/h9,11-12,15-16H,5-8,10H2,1-4H3. The third-order valence-corrected chi connectivity index (χ3v) is 4.87. The summed E-state index contributed by atoms with van der Waals surface area (Å²) in [5, 5.41) is 3.31. The van der Waals surface area contributed by atoms with Crippen molar-refractivity contribution in [3.8, 4) is 0 Å². The molecule has 1 heterocycles. The Morgan fingerprint density at radius 3 is 2.55 bits per heavy atom. The first kappa shape index (κ1) is 17.2. The average molecular weight is 301 g/mol. The molecule has 0 saturated heterocycles. The lowest BCUT2D eigenvalue weighted by atomic mass is 10.3. The quantitative estimate of drug-likeness (QED) is 0.687. The molecular formula is C14H27N3O2S. The molecule has 0 radical (unpaired) electrons. The van der Waals surface area contributed by atoms with Gasteiger partial charge < -0.3 is 9.88 Å². The van der Waals surface area contributed by atoms with Gasteiger partial charge in [0.25, 0.3) is 0 Å². The van der Waals surface area contributed by atoms with E-state index in [0.717, 1.165) is 31.6 Å². The van der Waals surface area contributed by atoms with Gasteiger partial charge in [0.2, 0.25) is 10.0 Å². The lowest BCUT2D eigenvalue weighted by molar-refractivity contribution is 0.555. The van der Waals surface area contributed by atoms with E-state index in [4.69, 9.17) is 0 Å². The number of rotatable bonds is 9. The Hall–Kier alpha value is -0.850. The number of hydrogen-bond acceptors (Lipinski definition) is 3. The molecule has 0 aliphatic carbocycles. The van der Waals surface area contributed by atoms with Crippen LogP contribution in [0.4, 0.5) is 0 Å². The molecule has 1 aromatic rings. The summed E-state index contributed by atoms with van der Waals surface area (Å²) in [7, 11) is -3.41. The topological polar surface area (TPSA) is 63.1 Å². The Morgan fingerprint density at radius 1 is 1.30 bits per heavy atom. The minimum Gasteiger partial charge on any atom is -0.349 e. The predicted octanol–water partition coefficient (Wildman–Crippen LogP) is 2.08. The van der Waals surface area contributed by atoms with Gasteiger partial charge in [-0.25, -0.2) is 13.1 Å². The van der Waals surface area contributed by atoms with Crippen LogP contribution in [0.15, 0.2) is 17.2 Å². The Labute approximate surface area is 122 Å². The minimum absolute atomic E-state index is 0.0494. The summed E-state index contributed by atoms with van der Waals surface area (Å²) in [6, 6.07) is 1.71. The SMILES string of the molecule is CCCNCc1cc(S(=O)(=O)NC(C)CC)cn1CC. The summed E-state index contributed by atoms with van der Waals surface area (Å²) in [4.78, 5) is 0.355. The van der Waals surface area contributed by atoms with Crippen LogP contribution < -0.4 is 10.0 Å². The van der Waals surface area contributed by atoms with Gasteiger partial charge in [-0.15, -0.1) is 0 Å². The van der Waals surface area contributed by atoms with Gasteiger partial charge in [-0.1, -0.05) is 13.8 Å². The maximum atomic E-state index is 12.3. The predicted molar refractivity (Wildman–Crippen MR) is 82.2 cm³/mol. The van der Waals surface area contributed by atoms with Crippen molar-refractivity contribution in [1.82, 2.24) is 14.6 Å². The fourth-order valence-corrected chi connectivity index (χ4v) is 3.31. The van der Waals surface area contributed by atoms with Crippen molar-refractivity contribution in [2.75, 3.05) is 6.54 Å². The first-order chi connectivity index (χ1) is 9.44. The number of nitrogens with zero attached hydrogens (tertiary/aromatic N) is 1. The molecule has 0 amide bonds. The highest BCUT2D eigenvalue weighted by Gasteiger charge is 2.19. The Balaban J connectivity index is 2.90. The molecular weight excluding hydrogens is 274 g/mol. The van der Waals surface area contributed by atoms with Gasteiger partial charge in [-0.2, -0.15) is 0 Å². The highest BCUT2D eigenvalue weighted by molar-refractivity contribution is 7.89. The van der Waals surface area contributed by atoms with Crippen LogP contribution in [0.5, 0.6) is 0 Å². The number of aryl methyl sites for hydroxylation is 1. The molecule has 1 aromatic heterocycles. The normalized spacial score (nSPS) is 13.6. The lowest BCUT2D eigenvalue weighted by Crippen LogP contribution is -2.31. The van der Waals surface area contributed by atoms with Crippen molar-refractivity contribution in [2.45, 2.75) is 64.6 Å². The van der Waals surface area contributed by atoms with Gasteiger partial charge >= 0.3 is 0 Å². The van der Waals surface area contributed by atoms with Crippen LogP contribution in [0.1, 0.15) is 46.2 Å². The van der Waals surface area contributed by atoms with Gasteiger partial charge in [0.05, 0.1) is 4.90 Å². The maximum Gasteiger partial charge on any atom is 0.242 e. The molecule has 0 aliphatic heterocycles. The van der Waals surface area contributed by atoms with Crippen LogP contribution in [0.3, 0.4) is 0 Å². The zero-order valence-corrected chi connectivity index (χ0v) is 13.8. The summed E-state index contributed by atoms with van der Waals surface area (Å²) in [5.41, 5.74) is 1.01. The minimum atomic E-state index is -3.41. The highest BCUT2D eigenvalue weighted by atomic mass is 32.2. The van der Waals surface area contributed by atoms with E-state index in [1.54, 1.807) is 12.3 Å². The fourth-order valence-electron chi connectivity index (χ4n) is 1.92. The van der Waals surface area contributed by atoms with Crippen LogP contribution in [0, 0.1) is 0 Å². The second-order valence-electron chi connectivity index (χ2n) is 5.06. The van der Waals surface area contributed by atoms with E-state index in [1.807, 2.05) is 25.3 Å². The molecule has 0 aromatic carbocycles. The maximum absolute atomic E-state index is 12.3. The van der Waals surface area contributed by atoms with Crippen LogP contribution in [0.25, 0.3) is 0 Å². The molecule has 0 fully saturated rings. The van der Waals surface area contributed by atoms with Gasteiger partial charge in [0, 0.05) is 31.0 Å². The Bertz CT molecular complexity index is 508. The molecule has 0 bridgehead atoms. The van der Waals surface area contributed by atoms with E-state index in [9.17, 15) is 8.42 Å². The van der Waals surface area contributed by atoms with Gasteiger partial charge in [-0.3, -0.25) is 0 Å². The number of sulfonamides is 1. The molecule has 5 nitrogen and oxygen atoms in total. The van der Waals surface area contributed by atoms with E-state index in [0.29, 0.717) is 11.4 Å². The molecule has 20 heavy (non-hydrogen) atoms. The monoisotopic (exact) mass is 301 g/mol. The molecule has 116 valence electrons. The van der Waals surface area contributed by atoms with E-state index < -0.39 is 10.0 Å². The Morgan fingerprint density at radius 2 is 2.00 bits per heavy atom. The molecule has 1 unspecified atom stereocenters. The van der Waals surface area contributed by atoms with E-state index in [1.165, 1.54) is 0 Å². The van der Waals surface area contributed by atoms with Crippen LogP contribution in [-0.2, 0) is 23.1 Å². The summed E-state index contributed by atoms with van der Waals surface area (Å²) < 4.78 is 29.2. The van der Waals surface area contributed by atoms with E-state index in [-0.39, 0.29) is 6.04 Å². The van der Waals surface area contributed by atoms with Gasteiger partial charge in [0.1, 0.15) is 0 Å². The van der Waals surface area contributed by atoms with Crippen LogP contribution in [0.2, 0.25) is 0 Å². The van der Waals surface area contributed by atoms with Crippen molar-refractivity contribution in [1.29, 1.82) is 0 Å². The molecule has 0 aliphatic rings. The van der Waals surface area contributed by atoms with Crippen molar-refractivity contribution in [3.05, 3.63) is 18.0 Å². The molecule has 1 rings (SSSR count). The smallest absolute Gasteiger partial charge is 0.242 e. The summed E-state index contributed by atoms with van der Waals surface area (Å²) in [5.74, 6) is 0. The summed E-state index contributed by atoms with van der Waals surface area (Å²) in [6.45, 7) is 10.4. The van der Waals surface area contributed by atoms with Crippen molar-refractivity contribution >= 4 is 10.0 Å². The van der Waals surface area contributed by atoms with Crippen molar-refractivity contribution in [3.63, 3.8) is 0 Å². The fraction of sp³-hybridized carbons (Fsp3) is 0.714. The highest BCUT2D eigenvalue weighted by Crippen LogP contribution is 2.15. The van der Waals surface area contributed by atoms with Crippen molar-refractivity contribution in [2.24, 2.45) is 0 Å². The second-order valence-corrected chi connectivity index (χ2v) is 6.77. The lowest BCUT2D eigenvalue weighted by Gasteiger charge is -2.10. The molecule has 0 saturated carbocycles. The van der Waals surface area contributed by atoms with Gasteiger partial charge in [-0.05, 0) is 39.3 Å². The second kappa shape index (κ2) is 7.81. The molecule has 1 atom stereocenters. The largest absolute Gasteiger partial charge is 0.349 e. The summed E-state index contributed by atoms with van der Waals surface area (Å²) >= 11 is 0. The Kier molecular flexibility index (Phi) is 6.71. The van der Waals surface area contributed by atoms with Crippen LogP contribution in [-0.4, -0.2) is 25.6 Å². The van der Waals surface area contributed by atoms with Crippen LogP contribution >= 0.6 is 0 Å². The first-order valence-electron chi connectivity index (χ1n) is 7.36. The first-order valence-corrected chi connectivity index (χ1v) is 8.85. The third kappa shape index (κ3) is 4.61. The number of aromatic nitrogens is 1.